The van der Waals surface area contributed by atoms with E-state index >= 15 is 0 Å². The number of aliphatic hydroxyl groups is 2. The zero-order chi connectivity index (χ0) is 16.4. The third-order valence-electron chi connectivity index (χ3n) is 3.70. The van der Waals surface area contributed by atoms with Crippen LogP contribution in [0, 0.1) is 0 Å². The molecule has 1 saturated heterocycles. The minimum atomic E-state index is -1.12. The van der Waals surface area contributed by atoms with Gasteiger partial charge in [-0.15, -0.1) is 0 Å². The first-order chi connectivity index (χ1) is 11.1. The summed E-state index contributed by atoms with van der Waals surface area (Å²) in [6, 6.07) is 0. The Kier molecular flexibility index (Phi) is 4.95. The molecule has 0 radical (unpaired) electrons. The lowest BCUT2D eigenvalue weighted by Crippen LogP contribution is -2.32. The summed E-state index contributed by atoms with van der Waals surface area (Å²) in [7, 11) is 0. The van der Waals surface area contributed by atoms with E-state index < -0.39 is 24.5 Å². The van der Waals surface area contributed by atoms with E-state index in [-0.39, 0.29) is 12.5 Å². The molecule has 23 heavy (non-hydrogen) atoms. The number of ether oxygens (including phenoxy) is 1. The van der Waals surface area contributed by atoms with Gasteiger partial charge in [-0.25, -0.2) is 15.0 Å². The number of thioether (sulfide) groups is 1. The molecule has 1 fully saturated rings. The number of hydrogen-bond acceptors (Lipinski definition) is 8. The summed E-state index contributed by atoms with van der Waals surface area (Å²) in [5.41, 5.74) is 6.58. The fraction of sp³-hybridized carbons (Fsp3) is 0.615. The molecule has 0 aromatic carbocycles. The Bertz CT molecular complexity index is 672. The highest BCUT2D eigenvalue weighted by Crippen LogP contribution is 2.33. The summed E-state index contributed by atoms with van der Waals surface area (Å²) in [5.74, 6) is 1.35. The molecule has 0 aliphatic carbocycles. The first-order valence-corrected chi connectivity index (χ1v) is 8.37. The summed E-state index contributed by atoms with van der Waals surface area (Å²) >= 11 is 1.48. The number of rotatable bonds is 6. The number of fused-ring (bicyclic) bond motifs is 1. The SMILES string of the molecule is Nc1ncnc2c1ncn2C1O[C@H](CSCCCF)[C@@H](O)[C@H]1O. The number of hydrogen-bond donors (Lipinski definition) is 3. The zero-order valence-electron chi connectivity index (χ0n) is 12.2. The van der Waals surface area contributed by atoms with E-state index in [0.717, 1.165) is 0 Å². The summed E-state index contributed by atoms with van der Waals surface area (Å²) < 4.78 is 19.4. The Hall–Kier alpha value is -1.49. The average Bonchev–Trinajstić information content (AvgIpc) is 3.09. The van der Waals surface area contributed by atoms with E-state index in [9.17, 15) is 14.6 Å². The fourth-order valence-corrected chi connectivity index (χ4v) is 3.50. The van der Waals surface area contributed by atoms with Gasteiger partial charge < -0.3 is 20.7 Å². The van der Waals surface area contributed by atoms with Gasteiger partial charge in [-0.05, 0) is 12.2 Å². The highest BCUT2D eigenvalue weighted by molar-refractivity contribution is 7.99. The van der Waals surface area contributed by atoms with Gasteiger partial charge >= 0.3 is 0 Å². The molecule has 2 aromatic rings. The number of alkyl halides is 1. The molecule has 3 heterocycles. The van der Waals surface area contributed by atoms with Crippen molar-refractivity contribution < 1.29 is 19.3 Å². The van der Waals surface area contributed by atoms with Gasteiger partial charge in [-0.3, -0.25) is 8.96 Å². The van der Waals surface area contributed by atoms with E-state index in [0.29, 0.717) is 29.1 Å². The normalized spacial score (nSPS) is 27.8. The first-order valence-electron chi connectivity index (χ1n) is 7.21. The van der Waals surface area contributed by atoms with Crippen LogP contribution in [0.25, 0.3) is 11.2 Å². The largest absolute Gasteiger partial charge is 0.387 e. The Morgan fingerprint density at radius 2 is 2.13 bits per heavy atom. The van der Waals surface area contributed by atoms with Crippen molar-refractivity contribution >= 4 is 28.7 Å². The van der Waals surface area contributed by atoms with Crippen molar-refractivity contribution in [2.45, 2.75) is 31.0 Å². The van der Waals surface area contributed by atoms with Gasteiger partial charge in [0.25, 0.3) is 0 Å². The molecule has 0 bridgehead atoms. The van der Waals surface area contributed by atoms with Crippen molar-refractivity contribution in [3.63, 3.8) is 0 Å². The van der Waals surface area contributed by atoms with E-state index in [1.165, 1.54) is 29.0 Å². The number of nitrogens with zero attached hydrogens (tertiary/aromatic N) is 4. The second-order valence-electron chi connectivity index (χ2n) is 5.25. The molecule has 1 aliphatic rings. The van der Waals surface area contributed by atoms with Crippen LogP contribution in [0.2, 0.25) is 0 Å². The summed E-state index contributed by atoms with van der Waals surface area (Å²) in [4.78, 5) is 12.1. The Labute approximate surface area is 135 Å². The molecule has 1 aliphatic heterocycles. The van der Waals surface area contributed by atoms with Gasteiger partial charge in [0, 0.05) is 5.75 Å². The van der Waals surface area contributed by atoms with Crippen molar-refractivity contribution in [1.82, 2.24) is 19.5 Å². The number of halogens is 1. The molecule has 4 atom stereocenters. The van der Waals surface area contributed by atoms with Gasteiger partial charge in [0.2, 0.25) is 0 Å². The Balaban J connectivity index is 1.76. The second-order valence-corrected chi connectivity index (χ2v) is 6.40. The number of anilines is 1. The topological polar surface area (TPSA) is 119 Å². The van der Waals surface area contributed by atoms with Crippen molar-refractivity contribution in [2.75, 3.05) is 23.9 Å². The predicted molar refractivity (Wildman–Crippen MR) is 83.6 cm³/mol. The third kappa shape index (κ3) is 3.11. The van der Waals surface area contributed by atoms with Gasteiger partial charge in [-0.1, -0.05) is 0 Å². The maximum Gasteiger partial charge on any atom is 0.167 e. The molecule has 10 heteroatoms. The Morgan fingerprint density at radius 3 is 2.91 bits per heavy atom. The molecule has 1 unspecified atom stereocenters. The molecule has 3 rings (SSSR count). The first kappa shape index (κ1) is 16.4. The van der Waals surface area contributed by atoms with Crippen LogP contribution in [-0.2, 0) is 4.74 Å². The maximum absolute atomic E-state index is 12.1. The van der Waals surface area contributed by atoms with E-state index in [2.05, 4.69) is 15.0 Å². The summed E-state index contributed by atoms with van der Waals surface area (Å²) in [5, 5.41) is 20.4. The molecule has 8 nitrogen and oxygen atoms in total. The third-order valence-corrected chi connectivity index (χ3v) is 4.84. The average molecular weight is 343 g/mol. The van der Waals surface area contributed by atoms with Crippen LogP contribution in [0.4, 0.5) is 10.2 Å². The van der Waals surface area contributed by atoms with Crippen molar-refractivity contribution in [3.05, 3.63) is 12.7 Å². The zero-order valence-corrected chi connectivity index (χ0v) is 13.1. The van der Waals surface area contributed by atoms with Crippen molar-refractivity contribution in [2.24, 2.45) is 0 Å². The van der Waals surface area contributed by atoms with Crippen LogP contribution in [-0.4, -0.2) is 66.2 Å². The van der Waals surface area contributed by atoms with Gasteiger partial charge in [0.05, 0.1) is 19.1 Å². The van der Waals surface area contributed by atoms with E-state index in [1.807, 2.05) is 0 Å². The van der Waals surface area contributed by atoms with Gasteiger partial charge in [-0.2, -0.15) is 11.8 Å². The maximum atomic E-state index is 12.1. The molecule has 0 spiro atoms. The van der Waals surface area contributed by atoms with Crippen molar-refractivity contribution in [1.29, 1.82) is 0 Å². The van der Waals surface area contributed by atoms with Crippen LogP contribution >= 0.6 is 11.8 Å². The Morgan fingerprint density at radius 1 is 1.30 bits per heavy atom. The van der Waals surface area contributed by atoms with E-state index in [1.54, 1.807) is 0 Å². The van der Waals surface area contributed by atoms with Gasteiger partial charge in [0.1, 0.15) is 24.1 Å². The number of imidazole rings is 1. The summed E-state index contributed by atoms with van der Waals surface area (Å²) in [6.45, 7) is -0.367. The van der Waals surface area contributed by atoms with Crippen LogP contribution in [0.15, 0.2) is 12.7 Å². The lowest BCUT2D eigenvalue weighted by Gasteiger charge is -2.16. The number of nitrogens with two attached hydrogens (primary N) is 1. The molecule has 0 amide bonds. The minimum absolute atomic E-state index is 0.236. The highest BCUT2D eigenvalue weighted by atomic mass is 32.2. The smallest absolute Gasteiger partial charge is 0.167 e. The summed E-state index contributed by atoms with van der Waals surface area (Å²) in [6.07, 6.45) is -0.286. The number of aromatic nitrogens is 4. The predicted octanol–water partition coefficient (Wildman–Crippen LogP) is 0.120. The molecular formula is C13H18FN5O3S. The van der Waals surface area contributed by atoms with E-state index in [4.69, 9.17) is 10.5 Å². The molecule has 126 valence electrons. The number of aliphatic hydroxyl groups excluding tert-OH is 2. The van der Waals surface area contributed by atoms with Crippen LogP contribution in [0.1, 0.15) is 12.6 Å². The molecule has 4 N–H and O–H groups in total. The van der Waals surface area contributed by atoms with Crippen molar-refractivity contribution in [3.8, 4) is 0 Å². The highest BCUT2D eigenvalue weighted by Gasteiger charge is 2.44. The molecule has 0 saturated carbocycles. The monoisotopic (exact) mass is 343 g/mol. The van der Waals surface area contributed by atoms with Gasteiger partial charge in [0.15, 0.2) is 17.7 Å². The van der Waals surface area contributed by atoms with Crippen LogP contribution < -0.4 is 5.73 Å². The second kappa shape index (κ2) is 6.95. The molecular weight excluding hydrogens is 325 g/mol. The van der Waals surface area contributed by atoms with Crippen LogP contribution in [0.5, 0.6) is 0 Å². The molecule has 2 aromatic heterocycles. The fourth-order valence-electron chi connectivity index (χ4n) is 2.51. The lowest BCUT2D eigenvalue weighted by molar-refractivity contribution is -0.0289. The quantitative estimate of drug-likeness (QED) is 0.633. The number of nitrogen functional groups attached to an aromatic ring is 1. The lowest BCUT2D eigenvalue weighted by atomic mass is 10.1. The van der Waals surface area contributed by atoms with Crippen LogP contribution in [0.3, 0.4) is 0 Å². The minimum Gasteiger partial charge on any atom is -0.387 e. The standard InChI is InChI=1S/C13H18FN5O3S/c14-2-1-3-23-4-7-9(20)10(21)13(22-7)19-6-18-8-11(15)16-5-17-12(8)19/h5-7,9-10,13,20-21H,1-4H2,(H2,15,16,17)/t7-,9-,10-,13?/m1/s1.